The van der Waals surface area contributed by atoms with Crippen LogP contribution in [0, 0.1) is 5.92 Å². The highest BCUT2D eigenvalue weighted by Gasteiger charge is 2.01. The third kappa shape index (κ3) is 1.60. The highest BCUT2D eigenvalue weighted by atomic mass is 14.1. The molecule has 0 nitrogen and oxygen atoms in total. The van der Waals surface area contributed by atoms with Crippen molar-refractivity contribution in [1.82, 2.24) is 0 Å². The second kappa shape index (κ2) is 3.40. The molecule has 0 heterocycles. The number of hydrogen-bond donors (Lipinski definition) is 0. The van der Waals surface area contributed by atoms with Crippen LogP contribution in [0.15, 0.2) is 36.5 Å². The molecule has 0 heteroatoms. The van der Waals surface area contributed by atoms with Crippen LogP contribution >= 0.6 is 0 Å². The van der Waals surface area contributed by atoms with Crippen molar-refractivity contribution in [2.75, 3.05) is 0 Å². The predicted molar refractivity (Wildman–Crippen MR) is 45.8 cm³/mol. The third-order valence-electron chi connectivity index (χ3n) is 1.92. The Morgan fingerprint density at radius 3 is 3.00 bits per heavy atom. The minimum absolute atomic E-state index is 0.579. The minimum atomic E-state index is 0.579. The van der Waals surface area contributed by atoms with Gasteiger partial charge in [-0.25, -0.2) is 0 Å². The molecule has 0 radical (unpaired) electrons. The zero-order chi connectivity index (χ0) is 7.40. The lowest BCUT2D eigenvalue weighted by molar-refractivity contribution is 0.809. The molecule has 0 spiro atoms. The van der Waals surface area contributed by atoms with Gasteiger partial charge in [-0.15, -0.1) is 6.58 Å². The molecular formula is C10H14. The van der Waals surface area contributed by atoms with Crippen molar-refractivity contribution < 1.29 is 0 Å². The highest BCUT2D eigenvalue weighted by molar-refractivity contribution is 5.24. The second-order valence-electron chi connectivity index (χ2n) is 2.63. The summed E-state index contributed by atoms with van der Waals surface area (Å²) in [6.07, 6.45) is 11.0. The van der Waals surface area contributed by atoms with Crippen LogP contribution in [0.25, 0.3) is 0 Å². The summed E-state index contributed by atoms with van der Waals surface area (Å²) in [7, 11) is 0. The Hall–Kier alpha value is -0.780. The Balaban J connectivity index is 2.54. The van der Waals surface area contributed by atoms with E-state index in [0.717, 1.165) is 12.8 Å². The van der Waals surface area contributed by atoms with E-state index in [0.29, 0.717) is 5.92 Å². The molecule has 0 amide bonds. The fraction of sp³-hybridized carbons (Fsp3) is 0.400. The summed E-state index contributed by atoms with van der Waals surface area (Å²) >= 11 is 0. The van der Waals surface area contributed by atoms with Crippen LogP contribution in [-0.4, -0.2) is 0 Å². The van der Waals surface area contributed by atoms with Crippen molar-refractivity contribution in [3.05, 3.63) is 36.5 Å². The van der Waals surface area contributed by atoms with E-state index in [-0.39, 0.29) is 0 Å². The standard InChI is InChI=1S/C10H14/c1-3-9-5-7-10(4-2)8-6-9/h3,5,7-9H,1,4,6H2,2H3. The number of allylic oxidation sites excluding steroid dienone is 5. The first kappa shape index (κ1) is 7.33. The molecule has 0 N–H and O–H groups in total. The quantitative estimate of drug-likeness (QED) is 0.509. The van der Waals surface area contributed by atoms with E-state index in [9.17, 15) is 0 Å². The van der Waals surface area contributed by atoms with Gasteiger partial charge >= 0.3 is 0 Å². The number of hydrogen-bond acceptors (Lipinski definition) is 0. The van der Waals surface area contributed by atoms with Gasteiger partial charge in [0, 0.05) is 0 Å². The molecule has 1 atom stereocenters. The Bertz CT molecular complexity index is 172. The fourth-order valence-electron chi connectivity index (χ4n) is 1.12. The predicted octanol–water partition coefficient (Wildman–Crippen LogP) is 3.08. The zero-order valence-electron chi connectivity index (χ0n) is 6.51. The van der Waals surface area contributed by atoms with Gasteiger partial charge < -0.3 is 0 Å². The fourth-order valence-corrected chi connectivity index (χ4v) is 1.12. The van der Waals surface area contributed by atoms with Crippen LogP contribution < -0.4 is 0 Å². The third-order valence-corrected chi connectivity index (χ3v) is 1.92. The molecule has 54 valence electrons. The van der Waals surface area contributed by atoms with Gasteiger partial charge in [-0.05, 0) is 18.8 Å². The summed E-state index contributed by atoms with van der Waals surface area (Å²) in [5.41, 5.74) is 1.46. The van der Waals surface area contributed by atoms with Crippen LogP contribution in [0.1, 0.15) is 19.8 Å². The molecule has 0 aliphatic heterocycles. The molecule has 1 rings (SSSR count). The molecule has 1 unspecified atom stereocenters. The summed E-state index contributed by atoms with van der Waals surface area (Å²) in [6, 6.07) is 0. The van der Waals surface area contributed by atoms with E-state index in [2.05, 4.69) is 31.7 Å². The summed E-state index contributed by atoms with van der Waals surface area (Å²) in [6.45, 7) is 5.94. The van der Waals surface area contributed by atoms with Gasteiger partial charge in [-0.3, -0.25) is 0 Å². The molecule has 1 aliphatic rings. The summed E-state index contributed by atoms with van der Waals surface area (Å²) in [5.74, 6) is 0.579. The number of rotatable bonds is 2. The van der Waals surface area contributed by atoms with Gasteiger partial charge in [0.05, 0.1) is 0 Å². The van der Waals surface area contributed by atoms with Crippen molar-refractivity contribution in [3.63, 3.8) is 0 Å². The lowest BCUT2D eigenvalue weighted by Gasteiger charge is -2.10. The Morgan fingerprint density at radius 1 is 1.80 bits per heavy atom. The van der Waals surface area contributed by atoms with E-state index in [1.807, 2.05) is 6.08 Å². The SMILES string of the molecule is C=CC1C=CC(CC)=CC1. The van der Waals surface area contributed by atoms with Crippen molar-refractivity contribution in [2.24, 2.45) is 5.92 Å². The van der Waals surface area contributed by atoms with Gasteiger partial charge in [0.15, 0.2) is 0 Å². The molecule has 10 heavy (non-hydrogen) atoms. The lowest BCUT2D eigenvalue weighted by Crippen LogP contribution is -1.94. The van der Waals surface area contributed by atoms with Crippen LogP contribution in [0.3, 0.4) is 0 Å². The van der Waals surface area contributed by atoms with Crippen molar-refractivity contribution in [3.8, 4) is 0 Å². The minimum Gasteiger partial charge on any atom is -0.102 e. The van der Waals surface area contributed by atoms with E-state index in [1.54, 1.807) is 0 Å². The molecule has 0 saturated heterocycles. The molecule has 0 aromatic carbocycles. The maximum atomic E-state index is 3.75. The van der Waals surface area contributed by atoms with Crippen molar-refractivity contribution >= 4 is 0 Å². The van der Waals surface area contributed by atoms with Gasteiger partial charge in [0.1, 0.15) is 0 Å². The van der Waals surface area contributed by atoms with E-state index < -0.39 is 0 Å². The van der Waals surface area contributed by atoms with E-state index >= 15 is 0 Å². The Morgan fingerprint density at radius 2 is 2.60 bits per heavy atom. The average Bonchev–Trinajstić information content (AvgIpc) is 2.05. The highest BCUT2D eigenvalue weighted by Crippen LogP contribution is 2.18. The lowest BCUT2D eigenvalue weighted by atomic mass is 9.96. The molecule has 0 fully saturated rings. The van der Waals surface area contributed by atoms with E-state index in [4.69, 9.17) is 0 Å². The van der Waals surface area contributed by atoms with Gasteiger partial charge in [0.2, 0.25) is 0 Å². The summed E-state index contributed by atoms with van der Waals surface area (Å²) in [5, 5.41) is 0. The molecule has 0 bridgehead atoms. The van der Waals surface area contributed by atoms with Crippen molar-refractivity contribution in [1.29, 1.82) is 0 Å². The topological polar surface area (TPSA) is 0 Å². The van der Waals surface area contributed by atoms with Crippen LogP contribution in [0.2, 0.25) is 0 Å². The normalized spacial score (nSPS) is 24.1. The Labute approximate surface area is 62.9 Å². The molecule has 1 aliphatic carbocycles. The van der Waals surface area contributed by atoms with Crippen LogP contribution in [-0.2, 0) is 0 Å². The van der Waals surface area contributed by atoms with Gasteiger partial charge in [0.25, 0.3) is 0 Å². The molecule has 0 saturated carbocycles. The first-order valence-corrected chi connectivity index (χ1v) is 3.86. The van der Waals surface area contributed by atoms with Gasteiger partial charge in [-0.2, -0.15) is 0 Å². The molecule has 0 aromatic heterocycles. The second-order valence-corrected chi connectivity index (χ2v) is 2.63. The van der Waals surface area contributed by atoms with Crippen LogP contribution in [0.5, 0.6) is 0 Å². The maximum Gasteiger partial charge on any atom is -0.00182 e. The largest absolute Gasteiger partial charge is 0.102 e. The monoisotopic (exact) mass is 134 g/mol. The van der Waals surface area contributed by atoms with E-state index in [1.165, 1.54) is 5.57 Å². The Kier molecular flexibility index (Phi) is 2.49. The summed E-state index contributed by atoms with van der Waals surface area (Å²) < 4.78 is 0. The summed E-state index contributed by atoms with van der Waals surface area (Å²) in [4.78, 5) is 0. The zero-order valence-corrected chi connectivity index (χ0v) is 6.51. The molecule has 0 aromatic rings. The average molecular weight is 134 g/mol. The van der Waals surface area contributed by atoms with Gasteiger partial charge in [-0.1, -0.05) is 36.8 Å². The van der Waals surface area contributed by atoms with Crippen LogP contribution in [0.4, 0.5) is 0 Å². The first-order valence-electron chi connectivity index (χ1n) is 3.86. The maximum absolute atomic E-state index is 3.75. The first-order chi connectivity index (χ1) is 4.86. The smallest absolute Gasteiger partial charge is 0.00182 e. The molecular weight excluding hydrogens is 120 g/mol. The van der Waals surface area contributed by atoms with Crippen molar-refractivity contribution in [2.45, 2.75) is 19.8 Å².